The minimum atomic E-state index is -0.152. The third kappa shape index (κ3) is 4.25. The Balaban J connectivity index is 1.43. The molecule has 0 unspecified atom stereocenters. The van der Waals surface area contributed by atoms with Crippen molar-refractivity contribution in [3.63, 3.8) is 0 Å². The third-order valence-electron chi connectivity index (χ3n) is 4.53. The van der Waals surface area contributed by atoms with Crippen molar-refractivity contribution in [2.45, 2.75) is 6.54 Å². The van der Waals surface area contributed by atoms with Crippen LogP contribution < -0.4 is 20.1 Å². The number of fused-ring (bicyclic) bond motifs is 1. The Bertz CT molecular complexity index is 1060. The number of benzene rings is 2. The van der Waals surface area contributed by atoms with Gasteiger partial charge in [0.25, 0.3) is 11.8 Å². The van der Waals surface area contributed by atoms with Gasteiger partial charge in [-0.25, -0.2) is 0 Å². The molecule has 29 heavy (non-hydrogen) atoms. The van der Waals surface area contributed by atoms with Crippen LogP contribution >= 0.6 is 11.3 Å². The van der Waals surface area contributed by atoms with E-state index in [1.54, 1.807) is 25.2 Å². The van der Waals surface area contributed by atoms with E-state index in [2.05, 4.69) is 10.6 Å². The zero-order valence-corrected chi connectivity index (χ0v) is 16.7. The Labute approximate surface area is 172 Å². The highest BCUT2D eigenvalue weighted by molar-refractivity contribution is 7.17. The van der Waals surface area contributed by atoms with Gasteiger partial charge in [0.15, 0.2) is 11.5 Å². The molecule has 0 atom stereocenters. The molecule has 2 N–H and O–H groups in total. The molecule has 6 nitrogen and oxygen atoms in total. The van der Waals surface area contributed by atoms with Crippen LogP contribution in [0.3, 0.4) is 0 Å². The average molecular weight is 408 g/mol. The molecule has 0 aliphatic carbocycles. The first-order chi connectivity index (χ1) is 14.1. The molecule has 0 bridgehead atoms. The summed E-state index contributed by atoms with van der Waals surface area (Å²) in [6.45, 7) is 1.44. The van der Waals surface area contributed by atoms with E-state index in [0.717, 1.165) is 27.5 Å². The maximum absolute atomic E-state index is 12.5. The largest absolute Gasteiger partial charge is 0.486 e. The number of carbonyl (C=O) groups excluding carboxylic acids is 2. The SMILES string of the molecule is CNC(=O)c1cccc(CNC(=O)c2ccc(-c3ccc4c(c3)OCCO4)s2)c1. The molecule has 7 heteroatoms. The molecule has 3 aromatic rings. The third-order valence-corrected chi connectivity index (χ3v) is 5.66. The summed E-state index contributed by atoms with van der Waals surface area (Å²) in [6.07, 6.45) is 0. The lowest BCUT2D eigenvalue weighted by molar-refractivity contribution is 0.0952. The van der Waals surface area contributed by atoms with Crippen molar-refractivity contribution < 1.29 is 19.1 Å². The lowest BCUT2D eigenvalue weighted by atomic mass is 10.1. The summed E-state index contributed by atoms with van der Waals surface area (Å²) in [5.74, 6) is 1.17. The van der Waals surface area contributed by atoms with Crippen LogP contribution in [-0.2, 0) is 6.54 Å². The molecule has 0 saturated carbocycles. The van der Waals surface area contributed by atoms with Gasteiger partial charge < -0.3 is 20.1 Å². The normalized spacial score (nSPS) is 12.3. The summed E-state index contributed by atoms with van der Waals surface area (Å²) in [4.78, 5) is 25.9. The first kappa shape index (κ1) is 19.0. The van der Waals surface area contributed by atoms with Crippen LogP contribution in [0.5, 0.6) is 11.5 Å². The second kappa shape index (κ2) is 8.36. The van der Waals surface area contributed by atoms with Gasteiger partial charge in [-0.3, -0.25) is 9.59 Å². The summed E-state index contributed by atoms with van der Waals surface area (Å²) in [5, 5.41) is 5.50. The Hall–Kier alpha value is -3.32. The highest BCUT2D eigenvalue weighted by atomic mass is 32.1. The minimum Gasteiger partial charge on any atom is -0.486 e. The van der Waals surface area contributed by atoms with Gasteiger partial charge in [0.2, 0.25) is 0 Å². The molecule has 2 amide bonds. The van der Waals surface area contributed by atoms with E-state index in [4.69, 9.17) is 9.47 Å². The topological polar surface area (TPSA) is 76.7 Å². The number of rotatable bonds is 5. The maximum atomic E-state index is 12.5. The monoisotopic (exact) mass is 408 g/mol. The molecule has 0 spiro atoms. The molecule has 1 aliphatic rings. The first-order valence-electron chi connectivity index (χ1n) is 9.23. The van der Waals surface area contributed by atoms with Crippen molar-refractivity contribution in [2.24, 2.45) is 0 Å². The molecule has 1 aromatic heterocycles. The molecule has 0 radical (unpaired) electrons. The minimum absolute atomic E-state index is 0.149. The van der Waals surface area contributed by atoms with Gasteiger partial charge in [-0.2, -0.15) is 0 Å². The molecular weight excluding hydrogens is 388 g/mol. The molecule has 148 valence electrons. The van der Waals surface area contributed by atoms with Crippen LogP contribution in [-0.4, -0.2) is 32.1 Å². The number of ether oxygens (including phenoxy) is 2. The van der Waals surface area contributed by atoms with Gasteiger partial charge in [-0.15, -0.1) is 11.3 Å². The van der Waals surface area contributed by atoms with Crippen molar-refractivity contribution in [2.75, 3.05) is 20.3 Å². The predicted molar refractivity (Wildman–Crippen MR) is 112 cm³/mol. The fourth-order valence-electron chi connectivity index (χ4n) is 3.05. The smallest absolute Gasteiger partial charge is 0.261 e. The van der Waals surface area contributed by atoms with E-state index >= 15 is 0 Å². The standard InChI is InChI=1S/C22H20N2O4S/c1-23-21(25)16-4-2-3-14(11-16)13-24-22(26)20-8-7-19(29-20)15-5-6-17-18(12-15)28-10-9-27-17/h2-8,11-12H,9-10,13H2,1H3,(H,23,25)(H,24,26). The molecular formula is C22H20N2O4S. The van der Waals surface area contributed by atoms with E-state index in [9.17, 15) is 9.59 Å². The van der Waals surface area contributed by atoms with Gasteiger partial charge in [-0.05, 0) is 53.6 Å². The quantitative estimate of drug-likeness (QED) is 0.678. The number of hydrogen-bond donors (Lipinski definition) is 2. The fraction of sp³-hybridized carbons (Fsp3) is 0.182. The van der Waals surface area contributed by atoms with E-state index in [1.807, 2.05) is 36.4 Å². The van der Waals surface area contributed by atoms with Crippen LogP contribution in [0.4, 0.5) is 0 Å². The Morgan fingerprint density at radius 2 is 1.79 bits per heavy atom. The maximum Gasteiger partial charge on any atom is 0.261 e. The molecule has 0 saturated heterocycles. The number of nitrogens with one attached hydrogen (secondary N) is 2. The van der Waals surface area contributed by atoms with E-state index in [-0.39, 0.29) is 11.8 Å². The lowest BCUT2D eigenvalue weighted by Gasteiger charge is -2.18. The number of hydrogen-bond acceptors (Lipinski definition) is 5. The first-order valence-corrected chi connectivity index (χ1v) is 10.0. The Morgan fingerprint density at radius 3 is 2.62 bits per heavy atom. The van der Waals surface area contributed by atoms with Gasteiger partial charge in [0, 0.05) is 24.0 Å². The fourth-order valence-corrected chi connectivity index (χ4v) is 3.97. The molecule has 1 aliphatic heterocycles. The average Bonchev–Trinajstić information content (AvgIpc) is 3.27. The van der Waals surface area contributed by atoms with Crippen LogP contribution in [0, 0.1) is 0 Å². The number of thiophene rings is 1. The van der Waals surface area contributed by atoms with E-state index in [0.29, 0.717) is 30.2 Å². The summed E-state index contributed by atoms with van der Waals surface area (Å²) in [7, 11) is 1.59. The molecule has 0 fully saturated rings. The van der Waals surface area contributed by atoms with E-state index in [1.165, 1.54) is 11.3 Å². The number of amides is 2. The van der Waals surface area contributed by atoms with Gasteiger partial charge in [-0.1, -0.05) is 12.1 Å². The summed E-state index contributed by atoms with van der Waals surface area (Å²) in [5.41, 5.74) is 2.41. The predicted octanol–water partition coefficient (Wildman–Crippen LogP) is 3.48. The van der Waals surface area contributed by atoms with Gasteiger partial charge >= 0.3 is 0 Å². The second-order valence-corrected chi connectivity index (χ2v) is 7.57. The van der Waals surface area contributed by atoms with Gasteiger partial charge in [0.1, 0.15) is 13.2 Å². The molecule has 4 rings (SSSR count). The Morgan fingerprint density at radius 1 is 0.966 bits per heavy atom. The zero-order valence-electron chi connectivity index (χ0n) is 15.9. The van der Waals surface area contributed by atoms with Crippen LogP contribution in [0.25, 0.3) is 10.4 Å². The lowest BCUT2D eigenvalue weighted by Crippen LogP contribution is -2.22. The van der Waals surface area contributed by atoms with Crippen LogP contribution in [0.1, 0.15) is 25.6 Å². The molecule has 2 heterocycles. The second-order valence-electron chi connectivity index (χ2n) is 6.48. The Kier molecular flexibility index (Phi) is 5.48. The summed E-state index contributed by atoms with van der Waals surface area (Å²) >= 11 is 1.42. The highest BCUT2D eigenvalue weighted by Crippen LogP contribution is 2.36. The van der Waals surface area contributed by atoms with Gasteiger partial charge in [0.05, 0.1) is 4.88 Å². The van der Waals surface area contributed by atoms with Crippen molar-refractivity contribution in [3.8, 4) is 21.9 Å². The van der Waals surface area contributed by atoms with Crippen molar-refractivity contribution >= 4 is 23.2 Å². The molecule has 2 aromatic carbocycles. The van der Waals surface area contributed by atoms with Crippen molar-refractivity contribution in [3.05, 3.63) is 70.6 Å². The zero-order chi connectivity index (χ0) is 20.2. The highest BCUT2D eigenvalue weighted by Gasteiger charge is 2.15. The van der Waals surface area contributed by atoms with Crippen molar-refractivity contribution in [1.29, 1.82) is 0 Å². The van der Waals surface area contributed by atoms with Crippen LogP contribution in [0.2, 0.25) is 0 Å². The van der Waals surface area contributed by atoms with Crippen LogP contribution in [0.15, 0.2) is 54.6 Å². The summed E-state index contributed by atoms with van der Waals surface area (Å²) in [6, 6.07) is 16.7. The van der Waals surface area contributed by atoms with Crippen molar-refractivity contribution in [1.82, 2.24) is 10.6 Å². The summed E-state index contributed by atoms with van der Waals surface area (Å²) < 4.78 is 11.2. The van der Waals surface area contributed by atoms with E-state index < -0.39 is 0 Å². The number of carbonyl (C=O) groups is 2.